The molecule has 1 aromatic heterocycles. The van der Waals surface area contributed by atoms with Crippen LogP contribution in [0.5, 0.6) is 11.5 Å². The molecule has 0 radical (unpaired) electrons. The number of nitrogens with two attached hydrogens (primary N) is 1. The van der Waals surface area contributed by atoms with Crippen molar-refractivity contribution in [1.82, 2.24) is 9.78 Å². The average molecular weight is 303 g/mol. The standard InChI is InChI=1S/C15H21N5O2/c1-20-10-11(9-18-20)6-7-17-15(16)19-12-4-5-13(21-2)14(8-12)22-3/h4-5,8-10H,6-7H2,1-3H3,(H3,16,17,19). The third kappa shape index (κ3) is 4.15. The van der Waals surface area contributed by atoms with Gasteiger partial charge in [0.1, 0.15) is 0 Å². The van der Waals surface area contributed by atoms with Crippen molar-refractivity contribution in [3.05, 3.63) is 36.2 Å². The Balaban J connectivity index is 1.93. The normalized spacial score (nSPS) is 11.3. The number of benzene rings is 1. The lowest BCUT2D eigenvalue weighted by molar-refractivity contribution is 0.355. The van der Waals surface area contributed by atoms with E-state index in [2.05, 4.69) is 15.4 Å². The van der Waals surface area contributed by atoms with E-state index >= 15 is 0 Å². The van der Waals surface area contributed by atoms with Crippen molar-refractivity contribution in [2.75, 3.05) is 26.1 Å². The molecule has 0 fully saturated rings. The minimum absolute atomic E-state index is 0.358. The van der Waals surface area contributed by atoms with Crippen molar-refractivity contribution in [3.8, 4) is 11.5 Å². The summed E-state index contributed by atoms with van der Waals surface area (Å²) in [7, 11) is 5.08. The van der Waals surface area contributed by atoms with E-state index < -0.39 is 0 Å². The fourth-order valence-electron chi connectivity index (χ4n) is 2.01. The van der Waals surface area contributed by atoms with Crippen LogP contribution in [0.15, 0.2) is 35.6 Å². The highest BCUT2D eigenvalue weighted by atomic mass is 16.5. The van der Waals surface area contributed by atoms with Gasteiger partial charge < -0.3 is 20.5 Å². The van der Waals surface area contributed by atoms with Crippen molar-refractivity contribution in [2.24, 2.45) is 17.8 Å². The van der Waals surface area contributed by atoms with Gasteiger partial charge in [-0.15, -0.1) is 0 Å². The van der Waals surface area contributed by atoms with Gasteiger partial charge in [-0.2, -0.15) is 5.10 Å². The Morgan fingerprint density at radius 3 is 2.73 bits per heavy atom. The van der Waals surface area contributed by atoms with Crippen LogP contribution in [0.25, 0.3) is 0 Å². The van der Waals surface area contributed by atoms with Crippen LogP contribution in [-0.2, 0) is 13.5 Å². The van der Waals surface area contributed by atoms with Crippen molar-refractivity contribution in [1.29, 1.82) is 0 Å². The number of anilines is 1. The summed E-state index contributed by atoms with van der Waals surface area (Å²) in [5, 5.41) is 7.14. The number of methoxy groups -OCH3 is 2. The van der Waals surface area contributed by atoms with Gasteiger partial charge in [-0.05, 0) is 24.1 Å². The zero-order valence-electron chi connectivity index (χ0n) is 13.0. The summed E-state index contributed by atoms with van der Waals surface area (Å²) in [6.45, 7) is 0.595. The number of guanidine groups is 1. The monoisotopic (exact) mass is 303 g/mol. The van der Waals surface area contributed by atoms with Crippen molar-refractivity contribution >= 4 is 11.6 Å². The molecule has 0 aliphatic heterocycles. The summed E-state index contributed by atoms with van der Waals surface area (Å²) in [4.78, 5) is 4.30. The molecule has 2 rings (SSSR count). The molecule has 0 aliphatic rings. The number of aryl methyl sites for hydroxylation is 1. The maximum atomic E-state index is 5.88. The van der Waals surface area contributed by atoms with Gasteiger partial charge in [-0.25, -0.2) is 0 Å². The second kappa shape index (κ2) is 7.35. The van der Waals surface area contributed by atoms with Gasteiger partial charge in [0.25, 0.3) is 0 Å². The molecule has 3 N–H and O–H groups in total. The number of hydrogen-bond donors (Lipinski definition) is 2. The summed E-state index contributed by atoms with van der Waals surface area (Å²) in [6.07, 6.45) is 4.59. The fraction of sp³-hybridized carbons (Fsp3) is 0.333. The third-order valence-corrected chi connectivity index (χ3v) is 3.10. The predicted molar refractivity (Wildman–Crippen MR) is 86.6 cm³/mol. The largest absolute Gasteiger partial charge is 0.493 e. The highest BCUT2D eigenvalue weighted by Crippen LogP contribution is 2.29. The van der Waals surface area contributed by atoms with E-state index in [0.29, 0.717) is 24.0 Å². The Kier molecular flexibility index (Phi) is 5.24. The highest BCUT2D eigenvalue weighted by Gasteiger charge is 2.05. The molecule has 2 aromatic rings. The molecule has 0 saturated carbocycles. The van der Waals surface area contributed by atoms with Gasteiger partial charge >= 0.3 is 0 Å². The van der Waals surface area contributed by atoms with Gasteiger partial charge in [0.05, 0.1) is 20.4 Å². The molecule has 0 atom stereocenters. The van der Waals surface area contributed by atoms with Crippen LogP contribution in [0.1, 0.15) is 5.56 Å². The SMILES string of the molecule is COc1ccc(NC(N)=NCCc2cnn(C)c2)cc1OC. The minimum atomic E-state index is 0.358. The van der Waals surface area contributed by atoms with E-state index in [1.54, 1.807) is 18.9 Å². The molecule has 7 heteroatoms. The molecule has 0 unspecified atom stereocenters. The van der Waals surface area contributed by atoms with Gasteiger partial charge in [-0.1, -0.05) is 0 Å². The Hall–Kier alpha value is -2.70. The molecular formula is C15H21N5O2. The lowest BCUT2D eigenvalue weighted by Gasteiger charge is -2.10. The Morgan fingerprint density at radius 1 is 1.32 bits per heavy atom. The summed E-state index contributed by atoms with van der Waals surface area (Å²) in [6, 6.07) is 5.47. The first-order chi connectivity index (χ1) is 10.6. The number of nitrogens with zero attached hydrogens (tertiary/aromatic N) is 3. The van der Waals surface area contributed by atoms with Crippen molar-refractivity contribution in [3.63, 3.8) is 0 Å². The summed E-state index contributed by atoms with van der Waals surface area (Å²) >= 11 is 0. The molecule has 118 valence electrons. The number of nitrogens with one attached hydrogen (secondary N) is 1. The molecule has 0 spiro atoms. The summed E-state index contributed by atoms with van der Waals surface area (Å²) in [5.74, 6) is 1.66. The van der Waals surface area contributed by atoms with Crippen LogP contribution in [0.3, 0.4) is 0 Å². The van der Waals surface area contributed by atoms with Crippen molar-refractivity contribution in [2.45, 2.75) is 6.42 Å². The van der Waals surface area contributed by atoms with Gasteiger partial charge in [0.15, 0.2) is 17.5 Å². The van der Waals surface area contributed by atoms with E-state index in [1.807, 2.05) is 37.6 Å². The molecule has 0 bridgehead atoms. The van der Waals surface area contributed by atoms with E-state index in [-0.39, 0.29) is 0 Å². The molecule has 7 nitrogen and oxygen atoms in total. The van der Waals surface area contributed by atoms with Crippen LogP contribution >= 0.6 is 0 Å². The van der Waals surface area contributed by atoms with E-state index in [1.165, 1.54) is 0 Å². The van der Waals surface area contributed by atoms with Gasteiger partial charge in [-0.3, -0.25) is 9.67 Å². The molecule has 1 heterocycles. The number of aromatic nitrogens is 2. The first-order valence-electron chi connectivity index (χ1n) is 6.89. The predicted octanol–water partition coefficient (Wildman–Crippen LogP) is 1.41. The van der Waals surface area contributed by atoms with Gasteiger partial charge in [0.2, 0.25) is 0 Å². The maximum Gasteiger partial charge on any atom is 0.193 e. The molecular weight excluding hydrogens is 282 g/mol. The molecule has 22 heavy (non-hydrogen) atoms. The summed E-state index contributed by atoms with van der Waals surface area (Å²) in [5.41, 5.74) is 7.80. The topological polar surface area (TPSA) is 86.7 Å². The number of ether oxygens (including phenoxy) is 2. The number of aliphatic imine (C=N–C) groups is 1. The Morgan fingerprint density at radius 2 is 2.09 bits per heavy atom. The lowest BCUT2D eigenvalue weighted by Crippen LogP contribution is -2.23. The van der Waals surface area contributed by atoms with Crippen LogP contribution in [0.4, 0.5) is 5.69 Å². The minimum Gasteiger partial charge on any atom is -0.493 e. The zero-order valence-corrected chi connectivity index (χ0v) is 13.0. The number of rotatable bonds is 6. The van der Waals surface area contributed by atoms with Crippen LogP contribution in [0, 0.1) is 0 Å². The van der Waals surface area contributed by atoms with E-state index in [9.17, 15) is 0 Å². The average Bonchev–Trinajstić information content (AvgIpc) is 2.92. The van der Waals surface area contributed by atoms with Crippen molar-refractivity contribution < 1.29 is 9.47 Å². The highest BCUT2D eigenvalue weighted by molar-refractivity contribution is 5.92. The third-order valence-electron chi connectivity index (χ3n) is 3.10. The Labute approximate surface area is 129 Å². The fourth-order valence-corrected chi connectivity index (χ4v) is 2.01. The smallest absolute Gasteiger partial charge is 0.193 e. The van der Waals surface area contributed by atoms with Crippen LogP contribution < -0.4 is 20.5 Å². The second-order valence-electron chi connectivity index (χ2n) is 4.73. The first-order valence-corrected chi connectivity index (χ1v) is 6.89. The Bertz CT molecular complexity index is 651. The zero-order chi connectivity index (χ0) is 15.9. The molecule has 1 aromatic carbocycles. The molecule has 0 saturated heterocycles. The van der Waals surface area contributed by atoms with E-state index in [0.717, 1.165) is 17.7 Å². The van der Waals surface area contributed by atoms with E-state index in [4.69, 9.17) is 15.2 Å². The lowest BCUT2D eigenvalue weighted by atomic mass is 10.2. The molecule has 0 aliphatic carbocycles. The maximum absolute atomic E-state index is 5.88. The number of hydrogen-bond acceptors (Lipinski definition) is 4. The van der Waals surface area contributed by atoms with Crippen LogP contribution in [-0.4, -0.2) is 36.5 Å². The van der Waals surface area contributed by atoms with Gasteiger partial charge in [0, 0.05) is 31.5 Å². The van der Waals surface area contributed by atoms with Crippen LogP contribution in [0.2, 0.25) is 0 Å². The quantitative estimate of drug-likeness (QED) is 0.622. The summed E-state index contributed by atoms with van der Waals surface area (Å²) < 4.78 is 12.2. The first kappa shape index (κ1) is 15.7. The molecule has 0 amide bonds. The second-order valence-corrected chi connectivity index (χ2v) is 4.73.